The summed E-state index contributed by atoms with van der Waals surface area (Å²) in [4.78, 5) is 17.2. The average Bonchev–Trinajstić information content (AvgIpc) is 3.54. The van der Waals surface area contributed by atoms with E-state index in [9.17, 15) is 9.18 Å². The number of aromatic nitrogens is 3. The molecular weight excluding hydrogens is 445 g/mol. The SMILES string of the molecule is CCc1nnc(N2CCN(C(=O)Cn3cc(-c4ccc(F)c(C)c4)cc3-c3ccccc3)CC2)o1. The summed E-state index contributed by atoms with van der Waals surface area (Å²) in [5.41, 5.74) is 4.45. The van der Waals surface area contributed by atoms with Crippen molar-refractivity contribution >= 4 is 11.9 Å². The minimum Gasteiger partial charge on any atom is -0.408 e. The second-order valence-electron chi connectivity index (χ2n) is 8.77. The summed E-state index contributed by atoms with van der Waals surface area (Å²) in [6, 6.07) is 17.7. The van der Waals surface area contributed by atoms with Crippen molar-refractivity contribution < 1.29 is 13.6 Å². The van der Waals surface area contributed by atoms with Gasteiger partial charge in [0.1, 0.15) is 12.4 Å². The average molecular weight is 474 g/mol. The van der Waals surface area contributed by atoms with Crippen LogP contribution < -0.4 is 4.90 Å². The first-order valence-corrected chi connectivity index (χ1v) is 11.9. The van der Waals surface area contributed by atoms with Crippen molar-refractivity contribution in [2.24, 2.45) is 0 Å². The van der Waals surface area contributed by atoms with Gasteiger partial charge in [-0.15, -0.1) is 5.10 Å². The predicted molar refractivity (Wildman–Crippen MR) is 132 cm³/mol. The minimum absolute atomic E-state index is 0.0547. The number of hydrogen-bond donors (Lipinski definition) is 0. The van der Waals surface area contributed by atoms with Gasteiger partial charge >= 0.3 is 6.01 Å². The highest BCUT2D eigenvalue weighted by molar-refractivity contribution is 5.79. The molecule has 0 unspecified atom stereocenters. The summed E-state index contributed by atoms with van der Waals surface area (Å²) in [6.07, 6.45) is 2.68. The highest BCUT2D eigenvalue weighted by Crippen LogP contribution is 2.30. The molecule has 1 fully saturated rings. The molecule has 2 aromatic heterocycles. The number of piperazine rings is 1. The predicted octanol–water partition coefficient (Wildman–Crippen LogP) is 4.56. The van der Waals surface area contributed by atoms with Crippen molar-refractivity contribution in [2.45, 2.75) is 26.8 Å². The lowest BCUT2D eigenvalue weighted by Gasteiger charge is -2.33. The summed E-state index contributed by atoms with van der Waals surface area (Å²) < 4.78 is 21.5. The minimum atomic E-state index is -0.225. The molecule has 0 N–H and O–H groups in total. The smallest absolute Gasteiger partial charge is 0.318 e. The van der Waals surface area contributed by atoms with Crippen molar-refractivity contribution in [3.05, 3.63) is 78.1 Å². The molecule has 8 heteroatoms. The number of carbonyl (C=O) groups is 1. The van der Waals surface area contributed by atoms with Gasteiger partial charge in [0, 0.05) is 50.1 Å². The van der Waals surface area contributed by atoms with Gasteiger partial charge in [-0.3, -0.25) is 4.79 Å². The van der Waals surface area contributed by atoms with Crippen LogP contribution in [0, 0.1) is 12.7 Å². The number of hydrogen-bond acceptors (Lipinski definition) is 5. The van der Waals surface area contributed by atoms with Gasteiger partial charge in [0.05, 0.1) is 0 Å². The van der Waals surface area contributed by atoms with Crippen molar-refractivity contribution in [1.29, 1.82) is 0 Å². The molecule has 1 amide bonds. The van der Waals surface area contributed by atoms with E-state index < -0.39 is 0 Å². The summed E-state index contributed by atoms with van der Waals surface area (Å²) in [6.45, 7) is 6.44. The van der Waals surface area contributed by atoms with Crippen molar-refractivity contribution in [3.8, 4) is 22.4 Å². The molecule has 5 rings (SSSR count). The zero-order valence-corrected chi connectivity index (χ0v) is 19.9. The van der Waals surface area contributed by atoms with E-state index in [1.165, 1.54) is 6.07 Å². The van der Waals surface area contributed by atoms with Gasteiger partial charge in [-0.25, -0.2) is 4.39 Å². The quantitative estimate of drug-likeness (QED) is 0.411. The van der Waals surface area contributed by atoms with Crippen LogP contribution in [0.3, 0.4) is 0 Å². The van der Waals surface area contributed by atoms with Crippen LogP contribution in [0.5, 0.6) is 0 Å². The zero-order chi connectivity index (χ0) is 24.4. The lowest BCUT2D eigenvalue weighted by molar-refractivity contribution is -0.132. The van der Waals surface area contributed by atoms with E-state index in [-0.39, 0.29) is 18.3 Å². The number of benzene rings is 2. The van der Waals surface area contributed by atoms with Crippen molar-refractivity contribution in [3.63, 3.8) is 0 Å². The maximum absolute atomic E-state index is 13.8. The highest BCUT2D eigenvalue weighted by Gasteiger charge is 2.25. The molecule has 0 aliphatic carbocycles. The van der Waals surface area contributed by atoms with Gasteiger partial charge in [0.25, 0.3) is 0 Å². The second kappa shape index (κ2) is 9.74. The maximum atomic E-state index is 13.8. The van der Waals surface area contributed by atoms with Crippen LogP contribution in [-0.4, -0.2) is 51.8 Å². The summed E-state index contributed by atoms with van der Waals surface area (Å²) in [5.74, 6) is 0.447. The molecule has 0 radical (unpaired) electrons. The van der Waals surface area contributed by atoms with Crippen LogP contribution in [-0.2, 0) is 17.8 Å². The van der Waals surface area contributed by atoms with Gasteiger partial charge in [0.15, 0.2) is 0 Å². The maximum Gasteiger partial charge on any atom is 0.318 e. The first-order valence-electron chi connectivity index (χ1n) is 11.9. The van der Waals surface area contributed by atoms with Crippen molar-refractivity contribution in [2.75, 3.05) is 31.1 Å². The number of anilines is 1. The van der Waals surface area contributed by atoms with Crippen LogP contribution in [0.4, 0.5) is 10.4 Å². The fourth-order valence-corrected chi connectivity index (χ4v) is 4.38. The Morgan fingerprint density at radius 3 is 2.43 bits per heavy atom. The van der Waals surface area contributed by atoms with Gasteiger partial charge in [-0.05, 0) is 41.8 Å². The Morgan fingerprint density at radius 2 is 1.74 bits per heavy atom. The lowest BCUT2D eigenvalue weighted by Crippen LogP contribution is -2.49. The van der Waals surface area contributed by atoms with E-state index in [4.69, 9.17) is 4.42 Å². The topological polar surface area (TPSA) is 67.4 Å². The first-order chi connectivity index (χ1) is 17.0. The van der Waals surface area contributed by atoms with Gasteiger partial charge < -0.3 is 18.8 Å². The molecule has 1 aliphatic rings. The third kappa shape index (κ3) is 4.82. The van der Waals surface area contributed by atoms with E-state index in [1.807, 2.05) is 63.9 Å². The fourth-order valence-electron chi connectivity index (χ4n) is 4.38. The Kier molecular flexibility index (Phi) is 6.35. The molecule has 0 atom stereocenters. The molecule has 0 bridgehead atoms. The third-order valence-corrected chi connectivity index (χ3v) is 6.42. The molecule has 35 heavy (non-hydrogen) atoms. The Hall–Kier alpha value is -3.94. The number of halogens is 1. The third-order valence-electron chi connectivity index (χ3n) is 6.42. The molecule has 180 valence electrons. The summed E-state index contributed by atoms with van der Waals surface area (Å²) in [5, 5.41) is 8.15. The molecule has 1 saturated heterocycles. The largest absolute Gasteiger partial charge is 0.408 e. The number of nitrogens with zero attached hydrogens (tertiary/aromatic N) is 5. The van der Waals surface area contributed by atoms with Gasteiger partial charge in [-0.2, -0.15) is 0 Å². The zero-order valence-electron chi connectivity index (χ0n) is 19.9. The number of amides is 1. The highest BCUT2D eigenvalue weighted by atomic mass is 19.1. The number of aryl methyl sites for hydroxylation is 2. The van der Waals surface area contributed by atoms with Crippen LogP contribution in [0.25, 0.3) is 22.4 Å². The van der Waals surface area contributed by atoms with E-state index in [1.54, 1.807) is 13.0 Å². The molecular formula is C27H28FN5O2. The fraction of sp³-hybridized carbons (Fsp3) is 0.296. The number of rotatable bonds is 6. The van der Waals surface area contributed by atoms with Crippen LogP contribution >= 0.6 is 0 Å². The van der Waals surface area contributed by atoms with E-state index in [0.717, 1.165) is 22.4 Å². The normalized spacial score (nSPS) is 13.9. The van der Waals surface area contributed by atoms with Crippen LogP contribution in [0.2, 0.25) is 0 Å². The molecule has 1 aliphatic heterocycles. The molecule has 7 nitrogen and oxygen atoms in total. The Morgan fingerprint density at radius 1 is 0.971 bits per heavy atom. The molecule has 3 heterocycles. The Bertz CT molecular complexity index is 1320. The van der Waals surface area contributed by atoms with E-state index in [0.29, 0.717) is 50.1 Å². The summed E-state index contributed by atoms with van der Waals surface area (Å²) in [7, 11) is 0. The molecule has 4 aromatic rings. The Balaban J connectivity index is 1.34. The number of carbonyl (C=O) groups excluding carboxylic acids is 1. The van der Waals surface area contributed by atoms with Crippen molar-refractivity contribution in [1.82, 2.24) is 19.7 Å². The first kappa shape index (κ1) is 22.8. The lowest BCUT2D eigenvalue weighted by atomic mass is 10.0. The molecule has 2 aromatic carbocycles. The van der Waals surface area contributed by atoms with Crippen LogP contribution in [0.15, 0.2) is 65.2 Å². The second-order valence-corrected chi connectivity index (χ2v) is 8.77. The standard InChI is InChI=1S/C27H28FN5O2/c1-3-25-29-30-27(35-25)32-13-11-31(12-14-32)26(34)18-33-17-22(21-9-10-23(28)19(2)15-21)16-24(33)20-7-5-4-6-8-20/h4-10,15-17H,3,11-14,18H2,1-2H3. The monoisotopic (exact) mass is 473 g/mol. The Labute approximate surface area is 203 Å². The van der Waals surface area contributed by atoms with E-state index >= 15 is 0 Å². The van der Waals surface area contributed by atoms with E-state index in [2.05, 4.69) is 16.3 Å². The molecule has 0 spiro atoms. The summed E-state index contributed by atoms with van der Waals surface area (Å²) >= 11 is 0. The van der Waals surface area contributed by atoms with Crippen LogP contribution in [0.1, 0.15) is 18.4 Å². The van der Waals surface area contributed by atoms with Gasteiger partial charge in [0.2, 0.25) is 11.8 Å². The van der Waals surface area contributed by atoms with Gasteiger partial charge in [-0.1, -0.05) is 48.4 Å². The molecule has 0 saturated carbocycles.